The highest BCUT2D eigenvalue weighted by Crippen LogP contribution is 2.37. The van der Waals surface area contributed by atoms with Gasteiger partial charge < -0.3 is 5.32 Å². The third-order valence-corrected chi connectivity index (χ3v) is 5.49. The van der Waals surface area contributed by atoms with Gasteiger partial charge in [0.1, 0.15) is 5.82 Å². The third-order valence-electron chi connectivity index (χ3n) is 5.14. The monoisotopic (exact) mass is 310 g/mol. The minimum Gasteiger partial charge on any atom is -0.311 e. The highest BCUT2D eigenvalue weighted by atomic mass is 35.5. The molecule has 1 saturated heterocycles. The summed E-state index contributed by atoms with van der Waals surface area (Å²) < 4.78 is 14.1. The molecule has 116 valence electrons. The van der Waals surface area contributed by atoms with Crippen molar-refractivity contribution in [1.82, 2.24) is 10.2 Å². The molecule has 1 saturated carbocycles. The molecule has 2 fully saturated rings. The summed E-state index contributed by atoms with van der Waals surface area (Å²) in [5.41, 5.74) is 0.842. The van der Waals surface area contributed by atoms with Crippen molar-refractivity contribution in [2.75, 3.05) is 13.1 Å². The summed E-state index contributed by atoms with van der Waals surface area (Å²) in [5, 5.41) is 4.17. The van der Waals surface area contributed by atoms with Gasteiger partial charge >= 0.3 is 0 Å². The average molecular weight is 311 g/mol. The summed E-state index contributed by atoms with van der Waals surface area (Å²) in [4.78, 5) is 2.48. The van der Waals surface area contributed by atoms with Gasteiger partial charge in [0.2, 0.25) is 0 Å². The van der Waals surface area contributed by atoms with Crippen LogP contribution in [0.25, 0.3) is 0 Å². The summed E-state index contributed by atoms with van der Waals surface area (Å²) in [6, 6.07) is 5.43. The lowest BCUT2D eigenvalue weighted by molar-refractivity contribution is 0.00550. The number of nitrogens with one attached hydrogen (secondary N) is 1. The highest BCUT2D eigenvalue weighted by molar-refractivity contribution is 6.31. The maximum atomic E-state index is 14.1. The van der Waals surface area contributed by atoms with Crippen LogP contribution in [0.5, 0.6) is 0 Å². The van der Waals surface area contributed by atoms with E-state index in [2.05, 4.69) is 17.1 Å². The first-order valence-electron chi connectivity index (χ1n) is 8.02. The first-order chi connectivity index (χ1) is 10.1. The molecule has 2 nitrogen and oxygen atoms in total. The molecule has 1 aliphatic heterocycles. The van der Waals surface area contributed by atoms with Crippen LogP contribution in [0, 0.1) is 5.82 Å². The molecule has 1 aliphatic carbocycles. The Morgan fingerprint density at radius 2 is 2.10 bits per heavy atom. The van der Waals surface area contributed by atoms with Gasteiger partial charge in [0.15, 0.2) is 0 Å². The van der Waals surface area contributed by atoms with Crippen LogP contribution in [0.2, 0.25) is 5.02 Å². The van der Waals surface area contributed by atoms with Gasteiger partial charge in [-0.2, -0.15) is 0 Å². The summed E-state index contributed by atoms with van der Waals surface area (Å²) in [7, 11) is 0. The second-order valence-electron chi connectivity index (χ2n) is 6.65. The number of benzene rings is 1. The SMILES string of the molecule is CC1CN(Cc2c(F)cccc2Cl)C2(CCCCC2)CN1. The molecule has 1 spiro atoms. The van der Waals surface area contributed by atoms with Crippen LogP contribution in [-0.2, 0) is 6.54 Å². The maximum absolute atomic E-state index is 14.1. The van der Waals surface area contributed by atoms with E-state index in [0.717, 1.165) is 13.1 Å². The Balaban J connectivity index is 1.86. The van der Waals surface area contributed by atoms with Crippen LogP contribution in [0.3, 0.4) is 0 Å². The van der Waals surface area contributed by atoms with E-state index >= 15 is 0 Å². The zero-order chi connectivity index (χ0) is 14.9. The lowest BCUT2D eigenvalue weighted by atomic mass is 9.78. The van der Waals surface area contributed by atoms with Gasteiger partial charge in [-0.15, -0.1) is 0 Å². The predicted octanol–water partition coefficient (Wildman–Crippen LogP) is 3.98. The van der Waals surface area contributed by atoms with Crippen molar-refractivity contribution < 1.29 is 4.39 Å². The number of piperazine rings is 1. The Hall–Kier alpha value is -0.640. The van der Waals surface area contributed by atoms with Crippen molar-refractivity contribution in [3.63, 3.8) is 0 Å². The number of nitrogens with zero attached hydrogens (tertiary/aromatic N) is 1. The Labute approximate surface area is 131 Å². The van der Waals surface area contributed by atoms with Crippen molar-refractivity contribution in [1.29, 1.82) is 0 Å². The largest absolute Gasteiger partial charge is 0.311 e. The number of rotatable bonds is 2. The van der Waals surface area contributed by atoms with E-state index in [-0.39, 0.29) is 11.4 Å². The molecule has 21 heavy (non-hydrogen) atoms. The lowest BCUT2D eigenvalue weighted by Crippen LogP contribution is -2.64. The van der Waals surface area contributed by atoms with Crippen LogP contribution in [0.4, 0.5) is 4.39 Å². The van der Waals surface area contributed by atoms with E-state index in [1.165, 1.54) is 38.2 Å². The Bertz CT molecular complexity index is 479. The van der Waals surface area contributed by atoms with Gasteiger partial charge in [-0.3, -0.25) is 4.90 Å². The molecule has 1 atom stereocenters. The number of hydrogen-bond acceptors (Lipinski definition) is 2. The Morgan fingerprint density at radius 1 is 1.33 bits per heavy atom. The molecule has 1 unspecified atom stereocenters. The predicted molar refractivity (Wildman–Crippen MR) is 85.1 cm³/mol. The lowest BCUT2D eigenvalue weighted by Gasteiger charge is -2.51. The van der Waals surface area contributed by atoms with Crippen molar-refractivity contribution in [3.05, 3.63) is 34.6 Å². The first kappa shape index (κ1) is 15.3. The van der Waals surface area contributed by atoms with Gasteiger partial charge in [0.05, 0.1) is 0 Å². The molecule has 0 amide bonds. The van der Waals surface area contributed by atoms with Gasteiger partial charge in [0.25, 0.3) is 0 Å². The Kier molecular flexibility index (Phi) is 4.53. The zero-order valence-electron chi connectivity index (χ0n) is 12.7. The van der Waals surface area contributed by atoms with Crippen molar-refractivity contribution >= 4 is 11.6 Å². The van der Waals surface area contributed by atoms with Crippen molar-refractivity contribution in [2.45, 2.75) is 57.2 Å². The van der Waals surface area contributed by atoms with E-state index in [1.54, 1.807) is 12.1 Å². The molecule has 2 aliphatic rings. The third kappa shape index (κ3) is 3.10. The second kappa shape index (κ2) is 6.23. The molecule has 1 aromatic rings. The highest BCUT2D eigenvalue weighted by Gasteiger charge is 2.41. The topological polar surface area (TPSA) is 15.3 Å². The van der Waals surface area contributed by atoms with Gasteiger partial charge in [0, 0.05) is 41.8 Å². The zero-order valence-corrected chi connectivity index (χ0v) is 13.4. The fourth-order valence-corrected chi connectivity index (χ4v) is 4.10. The summed E-state index contributed by atoms with van der Waals surface area (Å²) in [6.07, 6.45) is 6.29. The van der Waals surface area contributed by atoms with Crippen LogP contribution < -0.4 is 5.32 Å². The standard InChI is InChI=1S/C17H24ClFN2/c1-13-10-21(11-14-15(18)6-5-7-16(14)19)17(12-20-13)8-3-2-4-9-17/h5-7,13,20H,2-4,8-12H2,1H3. The van der Waals surface area contributed by atoms with Gasteiger partial charge in [-0.1, -0.05) is 36.9 Å². The Morgan fingerprint density at radius 3 is 2.81 bits per heavy atom. The number of hydrogen-bond donors (Lipinski definition) is 1. The second-order valence-corrected chi connectivity index (χ2v) is 7.05. The summed E-state index contributed by atoms with van der Waals surface area (Å²) in [6.45, 7) is 4.80. The van der Waals surface area contributed by atoms with E-state index < -0.39 is 0 Å². The molecule has 3 rings (SSSR count). The smallest absolute Gasteiger partial charge is 0.129 e. The van der Waals surface area contributed by atoms with Crippen LogP contribution in [-0.4, -0.2) is 29.6 Å². The molecular weight excluding hydrogens is 287 g/mol. The van der Waals surface area contributed by atoms with Crippen LogP contribution in [0.1, 0.15) is 44.6 Å². The molecule has 0 bridgehead atoms. The van der Waals surface area contributed by atoms with Gasteiger partial charge in [-0.05, 0) is 31.9 Å². The van der Waals surface area contributed by atoms with Gasteiger partial charge in [-0.25, -0.2) is 4.39 Å². The normalized spacial score (nSPS) is 26.1. The molecule has 0 aromatic heterocycles. The maximum Gasteiger partial charge on any atom is 0.129 e. The van der Waals surface area contributed by atoms with E-state index in [0.29, 0.717) is 23.2 Å². The molecule has 1 N–H and O–H groups in total. The van der Waals surface area contributed by atoms with Crippen molar-refractivity contribution in [3.8, 4) is 0 Å². The average Bonchev–Trinajstić information content (AvgIpc) is 2.48. The fraction of sp³-hybridized carbons (Fsp3) is 0.647. The van der Waals surface area contributed by atoms with E-state index in [1.807, 2.05) is 0 Å². The first-order valence-corrected chi connectivity index (χ1v) is 8.40. The van der Waals surface area contributed by atoms with Crippen LogP contribution >= 0.6 is 11.6 Å². The summed E-state index contributed by atoms with van der Waals surface area (Å²) in [5.74, 6) is -0.181. The number of halogens is 2. The molecule has 0 radical (unpaired) electrons. The quantitative estimate of drug-likeness (QED) is 0.889. The minimum absolute atomic E-state index is 0.181. The summed E-state index contributed by atoms with van der Waals surface area (Å²) >= 11 is 6.23. The molecular formula is C17H24ClFN2. The van der Waals surface area contributed by atoms with E-state index in [4.69, 9.17) is 11.6 Å². The van der Waals surface area contributed by atoms with Crippen LogP contribution in [0.15, 0.2) is 18.2 Å². The van der Waals surface area contributed by atoms with Crippen molar-refractivity contribution in [2.24, 2.45) is 0 Å². The molecule has 4 heteroatoms. The molecule has 1 heterocycles. The molecule has 1 aromatic carbocycles. The minimum atomic E-state index is -0.181. The fourth-order valence-electron chi connectivity index (χ4n) is 3.87. The van der Waals surface area contributed by atoms with E-state index in [9.17, 15) is 4.39 Å².